The zero-order valence-corrected chi connectivity index (χ0v) is 24.9. The van der Waals surface area contributed by atoms with Crippen LogP contribution in [0.5, 0.6) is 0 Å². The molecular weight excluding hydrogens is 581 g/mol. The number of amides is 2. The third-order valence-electron chi connectivity index (χ3n) is 6.11. The van der Waals surface area contributed by atoms with Gasteiger partial charge in [-0.15, -0.1) is 0 Å². The van der Waals surface area contributed by atoms with E-state index in [4.69, 9.17) is 34.8 Å². The van der Waals surface area contributed by atoms with Crippen LogP contribution in [0.4, 0.5) is 5.69 Å². The smallest absolute Gasteiger partial charge is 0.264 e. The quantitative estimate of drug-likeness (QED) is 0.285. The van der Waals surface area contributed by atoms with Crippen LogP contribution >= 0.6 is 34.8 Å². The van der Waals surface area contributed by atoms with E-state index in [0.717, 1.165) is 9.87 Å². The van der Waals surface area contributed by atoms with E-state index in [1.54, 1.807) is 50.2 Å². The molecule has 0 aromatic heterocycles. The van der Waals surface area contributed by atoms with Gasteiger partial charge in [-0.2, -0.15) is 0 Å². The molecule has 3 aromatic carbocycles. The van der Waals surface area contributed by atoms with Crippen LogP contribution < -0.4 is 9.62 Å². The average molecular weight is 611 g/mol. The normalized spacial score (nSPS) is 12.1. The molecule has 0 bridgehead atoms. The van der Waals surface area contributed by atoms with Crippen LogP contribution in [0.15, 0.2) is 71.6 Å². The minimum Gasteiger partial charge on any atom is -0.355 e. The molecule has 0 unspecified atom stereocenters. The maximum absolute atomic E-state index is 14.0. The summed E-state index contributed by atoms with van der Waals surface area (Å²) in [6, 6.07) is 16.8. The molecule has 0 heterocycles. The molecule has 3 rings (SSSR count). The maximum atomic E-state index is 14.0. The topological polar surface area (TPSA) is 86.8 Å². The highest BCUT2D eigenvalue weighted by Crippen LogP contribution is 2.31. The van der Waals surface area contributed by atoms with Gasteiger partial charge in [0, 0.05) is 18.1 Å². The lowest BCUT2D eigenvalue weighted by atomic mass is 10.1. The van der Waals surface area contributed by atoms with Crippen molar-refractivity contribution in [3.63, 3.8) is 0 Å². The van der Waals surface area contributed by atoms with Gasteiger partial charge in [-0.05, 0) is 62.2 Å². The van der Waals surface area contributed by atoms with E-state index in [1.165, 1.54) is 35.2 Å². The summed E-state index contributed by atoms with van der Waals surface area (Å²) in [6.07, 6.45) is 0.305. The van der Waals surface area contributed by atoms with Gasteiger partial charge in [-0.25, -0.2) is 8.42 Å². The number of hydrogen-bond acceptors (Lipinski definition) is 4. The van der Waals surface area contributed by atoms with Gasteiger partial charge >= 0.3 is 0 Å². The van der Waals surface area contributed by atoms with E-state index in [9.17, 15) is 18.0 Å². The highest BCUT2D eigenvalue weighted by molar-refractivity contribution is 7.92. The molecule has 208 valence electrons. The molecular formula is C28H30Cl3N3O4S. The molecule has 3 aromatic rings. The Bertz CT molecular complexity index is 1430. The van der Waals surface area contributed by atoms with Crippen LogP contribution in [0.3, 0.4) is 0 Å². The maximum Gasteiger partial charge on any atom is 0.264 e. The van der Waals surface area contributed by atoms with Gasteiger partial charge in [0.1, 0.15) is 12.6 Å². The van der Waals surface area contributed by atoms with Crippen molar-refractivity contribution in [1.29, 1.82) is 0 Å². The minimum absolute atomic E-state index is 0.000365. The number of nitrogens with zero attached hydrogens (tertiary/aromatic N) is 2. The fourth-order valence-electron chi connectivity index (χ4n) is 4.03. The Balaban J connectivity index is 2.10. The van der Waals surface area contributed by atoms with Crippen LogP contribution in [-0.2, 0) is 26.2 Å². The molecule has 7 nitrogen and oxygen atoms in total. The largest absolute Gasteiger partial charge is 0.355 e. The lowest BCUT2D eigenvalue weighted by Gasteiger charge is -2.33. The second kappa shape index (κ2) is 13.5. The summed E-state index contributed by atoms with van der Waals surface area (Å²) in [7, 11) is -4.22. The molecule has 2 amide bonds. The molecule has 0 saturated heterocycles. The molecule has 0 aliphatic carbocycles. The van der Waals surface area contributed by atoms with Crippen LogP contribution in [0.2, 0.25) is 15.1 Å². The highest BCUT2D eigenvalue weighted by atomic mass is 35.5. The molecule has 0 spiro atoms. The van der Waals surface area contributed by atoms with Crippen molar-refractivity contribution in [3.05, 3.63) is 92.9 Å². The Labute approximate surface area is 244 Å². The summed E-state index contributed by atoms with van der Waals surface area (Å²) < 4.78 is 28.7. The van der Waals surface area contributed by atoms with Gasteiger partial charge in [0.25, 0.3) is 10.0 Å². The van der Waals surface area contributed by atoms with Crippen LogP contribution in [0.1, 0.15) is 31.4 Å². The van der Waals surface area contributed by atoms with Gasteiger partial charge in [-0.3, -0.25) is 13.9 Å². The summed E-state index contributed by atoms with van der Waals surface area (Å²) >= 11 is 18.7. The van der Waals surface area contributed by atoms with Crippen molar-refractivity contribution in [2.75, 3.05) is 17.4 Å². The Morgan fingerprint density at radius 1 is 0.897 bits per heavy atom. The molecule has 11 heteroatoms. The molecule has 0 aliphatic heterocycles. The first kappa shape index (κ1) is 30.8. The number of nitrogens with one attached hydrogen (secondary N) is 1. The summed E-state index contributed by atoms with van der Waals surface area (Å²) in [4.78, 5) is 28.3. The SMILES string of the molecule is CCNC(=O)[C@H](CC)N(Cc1ccccc1Cl)C(=O)CN(c1ccc(Cl)c(Cl)c1)S(=O)(=O)c1ccc(C)cc1. The fourth-order valence-corrected chi connectivity index (χ4v) is 5.92. The Hall–Kier alpha value is -2.78. The van der Waals surface area contributed by atoms with Gasteiger partial charge < -0.3 is 10.2 Å². The molecule has 0 aliphatic rings. The first-order valence-corrected chi connectivity index (χ1v) is 14.9. The molecule has 1 atom stereocenters. The van der Waals surface area contributed by atoms with Crippen LogP contribution in [-0.4, -0.2) is 44.3 Å². The van der Waals surface area contributed by atoms with Gasteiger partial charge in [0.15, 0.2) is 0 Å². The number of aryl methyl sites for hydroxylation is 1. The van der Waals surface area contributed by atoms with Gasteiger partial charge in [0.2, 0.25) is 11.8 Å². The minimum atomic E-state index is -4.22. The number of sulfonamides is 1. The molecule has 0 fully saturated rings. The molecule has 39 heavy (non-hydrogen) atoms. The van der Waals surface area contributed by atoms with Crippen molar-refractivity contribution in [3.8, 4) is 0 Å². The number of rotatable bonds is 11. The second-order valence-electron chi connectivity index (χ2n) is 8.85. The zero-order chi connectivity index (χ0) is 28.7. The first-order valence-electron chi connectivity index (χ1n) is 12.3. The molecule has 0 saturated carbocycles. The van der Waals surface area contributed by atoms with E-state index in [2.05, 4.69) is 5.32 Å². The lowest BCUT2D eigenvalue weighted by molar-refractivity contribution is -0.140. The zero-order valence-electron chi connectivity index (χ0n) is 21.8. The number of hydrogen-bond donors (Lipinski definition) is 1. The van der Waals surface area contributed by atoms with E-state index in [0.29, 0.717) is 23.6 Å². The van der Waals surface area contributed by atoms with Gasteiger partial charge in [0.05, 0.1) is 20.6 Å². The second-order valence-corrected chi connectivity index (χ2v) is 11.9. The number of likely N-dealkylation sites (N-methyl/N-ethyl adjacent to an activating group) is 1. The Morgan fingerprint density at radius 2 is 1.56 bits per heavy atom. The van der Waals surface area contributed by atoms with E-state index >= 15 is 0 Å². The van der Waals surface area contributed by atoms with Crippen LogP contribution in [0.25, 0.3) is 0 Å². The summed E-state index contributed by atoms with van der Waals surface area (Å²) in [5, 5.41) is 3.56. The Morgan fingerprint density at radius 3 is 2.15 bits per heavy atom. The predicted molar refractivity (Wildman–Crippen MR) is 157 cm³/mol. The standard InChI is InChI=1S/C28H30Cl3N3O4S/c1-4-26(28(36)32-5-2)33(17-20-8-6-7-9-23(20)29)27(35)18-34(21-12-15-24(30)25(31)16-21)39(37,38)22-13-10-19(3)11-14-22/h6-16,26H,4-5,17-18H2,1-3H3,(H,32,36)/t26-/m0/s1. The Kier molecular flexibility index (Phi) is 10.7. The lowest BCUT2D eigenvalue weighted by Crippen LogP contribution is -2.52. The number of benzene rings is 3. The van der Waals surface area contributed by atoms with Crippen molar-refractivity contribution in [1.82, 2.24) is 10.2 Å². The fraction of sp³-hybridized carbons (Fsp3) is 0.286. The van der Waals surface area contributed by atoms with E-state index < -0.39 is 28.5 Å². The number of halogens is 3. The van der Waals surface area contributed by atoms with Crippen molar-refractivity contribution in [2.24, 2.45) is 0 Å². The predicted octanol–water partition coefficient (Wildman–Crippen LogP) is 6.09. The number of carbonyl (C=O) groups is 2. The third-order valence-corrected chi connectivity index (χ3v) is 9.01. The highest BCUT2D eigenvalue weighted by Gasteiger charge is 2.34. The summed E-state index contributed by atoms with van der Waals surface area (Å²) in [5.41, 5.74) is 1.66. The molecule has 1 N–H and O–H groups in total. The van der Waals surface area contributed by atoms with Gasteiger partial charge in [-0.1, -0.05) is 77.6 Å². The first-order chi connectivity index (χ1) is 18.5. The average Bonchev–Trinajstić information content (AvgIpc) is 2.90. The summed E-state index contributed by atoms with van der Waals surface area (Å²) in [6.45, 7) is 5.20. The molecule has 0 radical (unpaired) electrons. The van der Waals surface area contributed by atoms with E-state index in [-0.39, 0.29) is 33.1 Å². The van der Waals surface area contributed by atoms with Crippen molar-refractivity contribution < 1.29 is 18.0 Å². The number of anilines is 1. The van der Waals surface area contributed by atoms with Crippen molar-refractivity contribution in [2.45, 2.75) is 44.7 Å². The third kappa shape index (κ3) is 7.45. The van der Waals surface area contributed by atoms with Crippen LogP contribution in [0, 0.1) is 6.92 Å². The summed E-state index contributed by atoms with van der Waals surface area (Å²) in [5.74, 6) is -0.933. The monoisotopic (exact) mass is 609 g/mol. The van der Waals surface area contributed by atoms with E-state index in [1.807, 2.05) is 6.92 Å². The number of carbonyl (C=O) groups excluding carboxylic acids is 2. The van der Waals surface area contributed by atoms with Crippen molar-refractivity contribution >= 4 is 62.3 Å².